The quantitative estimate of drug-likeness (QED) is 0.273. The fourth-order valence-electron chi connectivity index (χ4n) is 3.17. The van der Waals surface area contributed by atoms with Gasteiger partial charge in [-0.3, -0.25) is 19.7 Å². The lowest BCUT2D eigenvalue weighted by molar-refractivity contribution is -0.384. The predicted octanol–water partition coefficient (Wildman–Crippen LogP) is 4.05. The number of benzene rings is 2. The molecule has 8 heteroatoms. The first-order valence-electron chi connectivity index (χ1n) is 9.96. The number of amides is 2. The van der Waals surface area contributed by atoms with Gasteiger partial charge in [0.15, 0.2) is 0 Å². The highest BCUT2D eigenvalue weighted by atomic mass is 16.6. The molecular weight excluding hydrogens is 410 g/mol. The van der Waals surface area contributed by atoms with Crippen molar-refractivity contribution in [1.29, 1.82) is 0 Å². The van der Waals surface area contributed by atoms with Gasteiger partial charge < -0.3 is 14.2 Å². The number of carbonyl (C=O) groups excluding carboxylic acids is 2. The van der Waals surface area contributed by atoms with Crippen LogP contribution in [0.15, 0.2) is 90.1 Å². The van der Waals surface area contributed by atoms with E-state index in [2.05, 4.69) is 6.58 Å². The molecule has 0 bridgehead atoms. The molecule has 0 aliphatic rings. The Bertz CT molecular complexity index is 1060. The summed E-state index contributed by atoms with van der Waals surface area (Å²) >= 11 is 0. The first kappa shape index (κ1) is 22.5. The molecule has 2 amide bonds. The van der Waals surface area contributed by atoms with Crippen LogP contribution in [0.4, 0.5) is 5.69 Å². The van der Waals surface area contributed by atoms with E-state index in [0.717, 1.165) is 5.56 Å². The van der Waals surface area contributed by atoms with Gasteiger partial charge in [-0.1, -0.05) is 36.4 Å². The molecule has 0 N–H and O–H groups in total. The van der Waals surface area contributed by atoms with Gasteiger partial charge in [-0.2, -0.15) is 0 Å². The third kappa shape index (κ3) is 5.91. The van der Waals surface area contributed by atoms with E-state index in [1.807, 2.05) is 30.3 Å². The second-order valence-corrected chi connectivity index (χ2v) is 7.09. The average molecular weight is 433 g/mol. The number of nitro groups is 1. The number of carbonyl (C=O) groups is 2. The van der Waals surface area contributed by atoms with Crippen LogP contribution in [-0.4, -0.2) is 39.6 Å². The lowest BCUT2D eigenvalue weighted by Crippen LogP contribution is -2.42. The number of nitro benzene ring substituents is 1. The molecule has 2 aromatic carbocycles. The molecule has 0 atom stereocenters. The monoisotopic (exact) mass is 433 g/mol. The molecule has 0 aliphatic heterocycles. The fraction of sp³-hybridized carbons (Fsp3) is 0.167. The van der Waals surface area contributed by atoms with E-state index in [1.54, 1.807) is 23.3 Å². The third-order valence-electron chi connectivity index (χ3n) is 4.78. The summed E-state index contributed by atoms with van der Waals surface area (Å²) in [5.74, 6) is -0.0422. The maximum Gasteiger partial charge on any atom is 0.269 e. The summed E-state index contributed by atoms with van der Waals surface area (Å²) in [6, 6.07) is 18.4. The predicted molar refractivity (Wildman–Crippen MR) is 119 cm³/mol. The Kier molecular flexibility index (Phi) is 7.53. The SMILES string of the molecule is C=CCN(CC(=O)N(Cc1ccccc1)Cc1ccco1)C(=O)c1ccc([N+](=O)[O-])cc1. The molecular formula is C24H23N3O5. The molecule has 0 saturated carbocycles. The van der Waals surface area contributed by atoms with Crippen molar-refractivity contribution >= 4 is 17.5 Å². The Morgan fingerprint density at radius 2 is 1.69 bits per heavy atom. The standard InChI is InChI=1S/C24H23N3O5/c1-2-14-25(24(29)20-10-12-21(13-11-20)27(30)31)18-23(28)26(17-22-9-6-15-32-22)16-19-7-4-3-5-8-19/h2-13,15H,1,14,16-18H2. The zero-order chi connectivity index (χ0) is 22.9. The summed E-state index contributed by atoms with van der Waals surface area (Å²) in [6.45, 7) is 4.27. The van der Waals surface area contributed by atoms with Gasteiger partial charge in [0.05, 0.1) is 17.7 Å². The van der Waals surface area contributed by atoms with Crippen LogP contribution in [0.3, 0.4) is 0 Å². The second-order valence-electron chi connectivity index (χ2n) is 7.09. The van der Waals surface area contributed by atoms with E-state index in [9.17, 15) is 19.7 Å². The second kappa shape index (κ2) is 10.7. The maximum atomic E-state index is 13.2. The van der Waals surface area contributed by atoms with Gasteiger partial charge in [-0.25, -0.2) is 0 Å². The van der Waals surface area contributed by atoms with Crippen LogP contribution in [0.5, 0.6) is 0 Å². The van der Waals surface area contributed by atoms with Crippen molar-refractivity contribution in [1.82, 2.24) is 9.80 Å². The van der Waals surface area contributed by atoms with Gasteiger partial charge in [0.25, 0.3) is 11.6 Å². The summed E-state index contributed by atoms with van der Waals surface area (Å²) in [4.78, 5) is 39.5. The highest BCUT2D eigenvalue weighted by molar-refractivity contribution is 5.96. The fourth-order valence-corrected chi connectivity index (χ4v) is 3.17. The van der Waals surface area contributed by atoms with Gasteiger partial charge in [-0.15, -0.1) is 6.58 Å². The lowest BCUT2D eigenvalue weighted by Gasteiger charge is -2.27. The zero-order valence-corrected chi connectivity index (χ0v) is 17.4. The first-order chi connectivity index (χ1) is 15.5. The molecule has 8 nitrogen and oxygen atoms in total. The molecule has 32 heavy (non-hydrogen) atoms. The highest BCUT2D eigenvalue weighted by Crippen LogP contribution is 2.15. The van der Waals surface area contributed by atoms with Crippen LogP contribution in [-0.2, 0) is 17.9 Å². The summed E-state index contributed by atoms with van der Waals surface area (Å²) in [5.41, 5.74) is 1.09. The average Bonchev–Trinajstić information content (AvgIpc) is 3.32. The molecule has 0 unspecified atom stereocenters. The molecule has 3 rings (SSSR count). The van der Waals surface area contributed by atoms with Crippen LogP contribution in [0.25, 0.3) is 0 Å². The number of furan rings is 1. The minimum absolute atomic E-state index is 0.111. The van der Waals surface area contributed by atoms with E-state index >= 15 is 0 Å². The molecule has 0 aliphatic carbocycles. The highest BCUT2D eigenvalue weighted by Gasteiger charge is 2.23. The Labute approximate surface area is 185 Å². The van der Waals surface area contributed by atoms with Gasteiger partial charge in [-0.05, 0) is 29.8 Å². The minimum atomic E-state index is -0.532. The summed E-state index contributed by atoms with van der Waals surface area (Å²) < 4.78 is 5.41. The van der Waals surface area contributed by atoms with Crippen LogP contribution < -0.4 is 0 Å². The zero-order valence-electron chi connectivity index (χ0n) is 17.4. The van der Waals surface area contributed by atoms with Crippen LogP contribution in [0, 0.1) is 10.1 Å². The van der Waals surface area contributed by atoms with E-state index in [-0.39, 0.29) is 36.8 Å². The first-order valence-corrected chi connectivity index (χ1v) is 9.96. The molecule has 1 aromatic heterocycles. The number of hydrogen-bond acceptors (Lipinski definition) is 5. The maximum absolute atomic E-state index is 13.2. The van der Waals surface area contributed by atoms with Crippen LogP contribution in [0.2, 0.25) is 0 Å². The van der Waals surface area contributed by atoms with Gasteiger partial charge in [0, 0.05) is 30.8 Å². The molecule has 0 spiro atoms. The summed E-state index contributed by atoms with van der Waals surface area (Å²) in [6.07, 6.45) is 3.08. The number of nitrogens with zero attached hydrogens (tertiary/aromatic N) is 3. The van der Waals surface area contributed by atoms with Gasteiger partial charge in [0.1, 0.15) is 12.3 Å². The smallest absolute Gasteiger partial charge is 0.269 e. The van der Waals surface area contributed by atoms with Crippen molar-refractivity contribution in [3.8, 4) is 0 Å². The van der Waals surface area contributed by atoms with Crippen molar-refractivity contribution in [2.24, 2.45) is 0 Å². The van der Waals surface area contributed by atoms with Crippen molar-refractivity contribution in [3.63, 3.8) is 0 Å². The largest absolute Gasteiger partial charge is 0.467 e. The number of hydrogen-bond donors (Lipinski definition) is 0. The van der Waals surface area contributed by atoms with Crippen LogP contribution in [0.1, 0.15) is 21.7 Å². The number of rotatable bonds is 10. The Morgan fingerprint density at radius 1 is 0.969 bits per heavy atom. The van der Waals surface area contributed by atoms with E-state index in [0.29, 0.717) is 12.3 Å². The Hall–Kier alpha value is -4.20. The summed E-state index contributed by atoms with van der Waals surface area (Å²) in [7, 11) is 0. The third-order valence-corrected chi connectivity index (χ3v) is 4.78. The Morgan fingerprint density at radius 3 is 2.28 bits per heavy atom. The lowest BCUT2D eigenvalue weighted by atomic mass is 10.1. The van der Waals surface area contributed by atoms with Crippen molar-refractivity contribution in [2.45, 2.75) is 13.1 Å². The molecule has 3 aromatic rings. The van der Waals surface area contributed by atoms with Crippen LogP contribution >= 0.6 is 0 Å². The van der Waals surface area contributed by atoms with E-state index < -0.39 is 10.8 Å². The van der Waals surface area contributed by atoms with Crippen molar-refractivity contribution in [2.75, 3.05) is 13.1 Å². The molecule has 0 saturated heterocycles. The van der Waals surface area contributed by atoms with E-state index in [4.69, 9.17) is 4.42 Å². The molecule has 164 valence electrons. The minimum Gasteiger partial charge on any atom is -0.467 e. The van der Waals surface area contributed by atoms with Gasteiger partial charge >= 0.3 is 0 Å². The molecule has 0 fully saturated rings. The Balaban J connectivity index is 1.77. The summed E-state index contributed by atoms with van der Waals surface area (Å²) in [5, 5.41) is 10.9. The van der Waals surface area contributed by atoms with Crippen molar-refractivity contribution < 1.29 is 18.9 Å². The van der Waals surface area contributed by atoms with Gasteiger partial charge in [0.2, 0.25) is 5.91 Å². The normalized spacial score (nSPS) is 10.4. The molecule has 0 radical (unpaired) electrons. The van der Waals surface area contributed by atoms with E-state index in [1.165, 1.54) is 35.2 Å². The van der Waals surface area contributed by atoms with Crippen molar-refractivity contribution in [3.05, 3.63) is 113 Å². The topological polar surface area (TPSA) is 96.9 Å². The molecule has 1 heterocycles. The number of non-ortho nitro benzene ring substituents is 1.